The van der Waals surface area contributed by atoms with E-state index < -0.39 is 15.8 Å². The fourth-order valence-electron chi connectivity index (χ4n) is 5.00. The van der Waals surface area contributed by atoms with Gasteiger partial charge < -0.3 is 0 Å². The highest BCUT2D eigenvalue weighted by Crippen LogP contribution is 2.50. The van der Waals surface area contributed by atoms with Crippen molar-refractivity contribution in [1.82, 2.24) is 0 Å². The molecule has 0 aliphatic carbocycles. The summed E-state index contributed by atoms with van der Waals surface area (Å²) in [6.45, 7) is 1.66. The standard InChI is InChI=1S/C37H42OP2S/c1-32(38)41-30-20-6-4-2-3-5-11-29-37(40(35-25-16-9-17-26-35)36-27-18-10-19-28-36)31-39(33-21-12-7-13-22-33)34-23-14-8-15-24-34/h7-10,12-19,21-28,31H,2-6,11,20,29-30H2,1H3/b37-31+. The summed E-state index contributed by atoms with van der Waals surface area (Å²) in [5.74, 6) is 3.64. The number of unbranched alkanes of at least 4 members (excludes halogenated alkanes) is 6. The van der Waals surface area contributed by atoms with E-state index in [2.05, 4.69) is 127 Å². The Morgan fingerprint density at radius 1 is 0.561 bits per heavy atom. The molecule has 4 aromatic rings. The lowest BCUT2D eigenvalue weighted by atomic mass is 10.1. The summed E-state index contributed by atoms with van der Waals surface area (Å²) in [6.07, 6.45) is 9.84. The molecule has 0 spiro atoms. The fraction of sp³-hybridized carbons (Fsp3) is 0.270. The summed E-state index contributed by atoms with van der Waals surface area (Å²) in [6, 6.07) is 44.5. The molecule has 0 N–H and O–H groups in total. The van der Waals surface area contributed by atoms with Crippen LogP contribution in [0.3, 0.4) is 0 Å². The first kappa shape index (κ1) is 31.4. The molecule has 0 radical (unpaired) electrons. The van der Waals surface area contributed by atoms with Crippen molar-refractivity contribution in [3.05, 3.63) is 132 Å². The van der Waals surface area contributed by atoms with Gasteiger partial charge in [-0.2, -0.15) is 0 Å². The quantitative estimate of drug-likeness (QED) is 0.0947. The molecule has 0 unspecified atom stereocenters. The first-order valence-electron chi connectivity index (χ1n) is 14.9. The van der Waals surface area contributed by atoms with Gasteiger partial charge in [0, 0.05) is 12.7 Å². The zero-order chi connectivity index (χ0) is 28.5. The molecule has 1 nitrogen and oxygen atoms in total. The number of benzene rings is 4. The molecule has 4 aromatic carbocycles. The van der Waals surface area contributed by atoms with Gasteiger partial charge in [-0.3, -0.25) is 4.79 Å². The molecule has 41 heavy (non-hydrogen) atoms. The van der Waals surface area contributed by atoms with Crippen molar-refractivity contribution in [2.45, 2.75) is 58.3 Å². The predicted octanol–water partition coefficient (Wildman–Crippen LogP) is 9.49. The number of rotatable bonds is 16. The Labute approximate surface area is 254 Å². The van der Waals surface area contributed by atoms with E-state index in [9.17, 15) is 4.79 Å². The molecule has 0 aromatic heterocycles. The van der Waals surface area contributed by atoms with Crippen molar-refractivity contribution in [2.24, 2.45) is 0 Å². The Kier molecular flexibility index (Phi) is 13.9. The molecule has 4 heteroatoms. The van der Waals surface area contributed by atoms with Crippen LogP contribution >= 0.6 is 27.6 Å². The van der Waals surface area contributed by atoms with E-state index in [1.165, 1.54) is 71.5 Å². The zero-order valence-electron chi connectivity index (χ0n) is 24.2. The second-order valence-corrected chi connectivity index (χ2v) is 15.8. The zero-order valence-corrected chi connectivity index (χ0v) is 26.8. The maximum Gasteiger partial charge on any atom is 0.185 e. The third kappa shape index (κ3) is 10.7. The number of allylic oxidation sites excluding steroid dienone is 1. The van der Waals surface area contributed by atoms with Gasteiger partial charge in [0.15, 0.2) is 5.12 Å². The van der Waals surface area contributed by atoms with Crippen LogP contribution in [0.1, 0.15) is 58.3 Å². The van der Waals surface area contributed by atoms with Gasteiger partial charge in [-0.1, -0.05) is 165 Å². The minimum atomic E-state index is -0.620. The molecular weight excluding hydrogens is 554 g/mol. The van der Waals surface area contributed by atoms with Gasteiger partial charge in [-0.05, 0) is 67.5 Å². The molecule has 0 atom stereocenters. The third-order valence-corrected chi connectivity index (χ3v) is 13.0. The molecular formula is C37H42OP2S. The molecule has 4 rings (SSSR count). The normalized spacial score (nSPS) is 11.7. The molecule has 212 valence electrons. The average molecular weight is 597 g/mol. The van der Waals surface area contributed by atoms with Crippen LogP contribution in [0.4, 0.5) is 0 Å². The van der Waals surface area contributed by atoms with E-state index in [4.69, 9.17) is 0 Å². The minimum absolute atomic E-state index is 0.239. The molecule has 0 bridgehead atoms. The first-order valence-corrected chi connectivity index (χ1v) is 18.6. The molecule has 0 fully saturated rings. The van der Waals surface area contributed by atoms with Gasteiger partial charge in [0.2, 0.25) is 0 Å². The van der Waals surface area contributed by atoms with Crippen LogP contribution in [0.25, 0.3) is 0 Å². The van der Waals surface area contributed by atoms with Crippen molar-refractivity contribution in [1.29, 1.82) is 0 Å². The Hall–Kier alpha value is -2.50. The topological polar surface area (TPSA) is 17.1 Å². The Morgan fingerprint density at radius 3 is 1.39 bits per heavy atom. The van der Waals surface area contributed by atoms with Gasteiger partial charge in [-0.25, -0.2) is 0 Å². The number of carbonyl (C=O) groups is 1. The number of carbonyl (C=O) groups excluding carboxylic acids is 1. The summed E-state index contributed by atoms with van der Waals surface area (Å²) in [4.78, 5) is 11.1. The molecule has 0 saturated heterocycles. The summed E-state index contributed by atoms with van der Waals surface area (Å²) in [5, 5.41) is 7.51. The number of hydrogen-bond donors (Lipinski definition) is 0. The predicted molar refractivity (Wildman–Crippen MR) is 186 cm³/mol. The van der Waals surface area contributed by atoms with E-state index in [0.29, 0.717) is 0 Å². The van der Waals surface area contributed by atoms with Gasteiger partial charge in [0.1, 0.15) is 0 Å². The minimum Gasteiger partial charge on any atom is -0.288 e. The van der Waals surface area contributed by atoms with Crippen molar-refractivity contribution in [3.63, 3.8) is 0 Å². The second kappa shape index (κ2) is 18.1. The molecule has 0 aliphatic heterocycles. The van der Waals surface area contributed by atoms with Crippen LogP contribution in [0.5, 0.6) is 0 Å². The number of hydrogen-bond acceptors (Lipinski definition) is 2. The highest BCUT2D eigenvalue weighted by Gasteiger charge is 2.21. The van der Waals surface area contributed by atoms with Gasteiger partial charge in [0.05, 0.1) is 0 Å². The van der Waals surface area contributed by atoms with E-state index >= 15 is 0 Å². The van der Waals surface area contributed by atoms with Crippen molar-refractivity contribution >= 4 is 53.9 Å². The van der Waals surface area contributed by atoms with Crippen LogP contribution in [0, 0.1) is 0 Å². The number of thioether (sulfide) groups is 1. The summed E-state index contributed by atoms with van der Waals surface area (Å²) in [5.41, 5.74) is 0. The van der Waals surface area contributed by atoms with E-state index in [0.717, 1.165) is 18.6 Å². The smallest absolute Gasteiger partial charge is 0.185 e. The van der Waals surface area contributed by atoms with Gasteiger partial charge >= 0.3 is 0 Å². The van der Waals surface area contributed by atoms with Crippen LogP contribution in [-0.4, -0.2) is 10.9 Å². The monoisotopic (exact) mass is 596 g/mol. The Balaban J connectivity index is 1.56. The largest absolute Gasteiger partial charge is 0.288 e. The summed E-state index contributed by atoms with van der Waals surface area (Å²) in [7, 11) is -1.24. The van der Waals surface area contributed by atoms with Crippen molar-refractivity contribution in [2.75, 3.05) is 5.75 Å². The lowest BCUT2D eigenvalue weighted by Gasteiger charge is -2.25. The molecule has 0 aliphatic rings. The van der Waals surface area contributed by atoms with E-state index in [-0.39, 0.29) is 5.12 Å². The lowest BCUT2D eigenvalue weighted by Crippen LogP contribution is -2.15. The lowest BCUT2D eigenvalue weighted by molar-refractivity contribution is -0.109. The molecule has 0 heterocycles. The maximum atomic E-state index is 11.1. The average Bonchev–Trinajstić information content (AvgIpc) is 3.02. The van der Waals surface area contributed by atoms with Crippen LogP contribution in [-0.2, 0) is 4.79 Å². The second-order valence-electron chi connectivity index (χ2n) is 10.2. The molecule has 0 saturated carbocycles. The third-order valence-electron chi connectivity index (χ3n) is 7.05. The van der Waals surface area contributed by atoms with Crippen LogP contribution in [0.2, 0.25) is 0 Å². The van der Waals surface area contributed by atoms with Crippen molar-refractivity contribution in [3.8, 4) is 0 Å². The highest BCUT2D eigenvalue weighted by molar-refractivity contribution is 8.13. The van der Waals surface area contributed by atoms with E-state index in [1.54, 1.807) is 12.2 Å². The summed E-state index contributed by atoms with van der Waals surface area (Å²) < 4.78 is 0. The van der Waals surface area contributed by atoms with Crippen LogP contribution in [0.15, 0.2) is 132 Å². The highest BCUT2D eigenvalue weighted by atomic mass is 32.2. The Bertz CT molecular complexity index is 1230. The first-order chi connectivity index (χ1) is 20.2. The van der Waals surface area contributed by atoms with Gasteiger partial charge in [-0.15, -0.1) is 0 Å². The molecule has 0 amide bonds. The van der Waals surface area contributed by atoms with E-state index in [1.807, 2.05) is 0 Å². The summed E-state index contributed by atoms with van der Waals surface area (Å²) >= 11 is 1.46. The SMILES string of the molecule is CC(=O)SCCCCCCCCC/C(=C\P(c1ccccc1)c1ccccc1)P(c1ccccc1)c1ccccc1. The van der Waals surface area contributed by atoms with Gasteiger partial charge in [0.25, 0.3) is 0 Å². The Morgan fingerprint density at radius 2 is 0.951 bits per heavy atom. The van der Waals surface area contributed by atoms with Crippen molar-refractivity contribution < 1.29 is 4.79 Å². The fourth-order valence-corrected chi connectivity index (χ4v) is 10.7. The van der Waals surface area contributed by atoms with Crippen LogP contribution < -0.4 is 21.2 Å². The maximum absolute atomic E-state index is 11.1.